The average molecular weight is 264 g/mol. The first-order valence-corrected chi connectivity index (χ1v) is 3.08. The predicted octanol–water partition coefficient (Wildman–Crippen LogP) is 3.42. The minimum atomic E-state index is -6.76. The third-order valence-electron chi connectivity index (χ3n) is 1.10. The number of hydrogen-bond acceptors (Lipinski definition) is 2. The summed E-state index contributed by atoms with van der Waals surface area (Å²) in [5.74, 6) is -6.76. The van der Waals surface area contributed by atoms with Crippen molar-refractivity contribution >= 4 is 0 Å². The van der Waals surface area contributed by atoms with Crippen LogP contribution >= 0.6 is 0 Å². The Kier molecular flexibility index (Phi) is 3.62. The van der Waals surface area contributed by atoms with Crippen LogP contribution in [0.3, 0.4) is 0 Å². The number of aliphatic hydroxyl groups excluding tert-OH is 1. The third-order valence-corrected chi connectivity index (χ3v) is 1.10. The molecule has 0 heterocycles. The van der Waals surface area contributed by atoms with Gasteiger partial charge in [0.05, 0.1) is 0 Å². The molecule has 11 heteroatoms. The Morgan fingerprint density at radius 3 is 1.50 bits per heavy atom. The van der Waals surface area contributed by atoms with Crippen molar-refractivity contribution in [3.63, 3.8) is 0 Å². The molecule has 0 radical (unpaired) electrons. The molecule has 0 saturated carbocycles. The highest BCUT2D eigenvalue weighted by molar-refractivity contribution is 4.90. The lowest BCUT2D eigenvalue weighted by Crippen LogP contribution is -2.53. The monoisotopic (exact) mass is 264 g/mol. The van der Waals surface area contributed by atoms with Crippen molar-refractivity contribution in [1.82, 2.24) is 0 Å². The molecule has 0 aromatic rings. The van der Waals surface area contributed by atoms with E-state index in [1.807, 2.05) is 0 Å². The van der Waals surface area contributed by atoms with Crippen molar-refractivity contribution in [3.8, 4) is 0 Å². The summed E-state index contributed by atoms with van der Waals surface area (Å²) in [5, 5.41) is 7.51. The van der Waals surface area contributed by atoms with E-state index in [4.69, 9.17) is 5.11 Å². The van der Waals surface area contributed by atoms with Crippen LogP contribution < -0.4 is 0 Å². The standard InChI is InChI=1S/C5HF9O2/c6-1(15)2(7)16-5(13,14)3(8,9)4(10,11)12/h15H. The van der Waals surface area contributed by atoms with E-state index < -0.39 is 30.2 Å². The molecule has 16 heavy (non-hydrogen) atoms. The van der Waals surface area contributed by atoms with Crippen molar-refractivity contribution in [2.45, 2.75) is 18.2 Å². The molecular formula is C5HF9O2. The maximum atomic E-state index is 12.1. The SMILES string of the molecule is OC(F)=C(F)OC(F)(F)C(F)(F)C(F)(F)F. The second-order valence-corrected chi connectivity index (χ2v) is 2.26. The summed E-state index contributed by atoms with van der Waals surface area (Å²) in [6.45, 7) is 0. The molecule has 0 aliphatic carbocycles. The predicted molar refractivity (Wildman–Crippen MR) is 28.9 cm³/mol. The quantitative estimate of drug-likeness (QED) is 0.625. The number of aliphatic hydroxyl groups is 1. The second-order valence-electron chi connectivity index (χ2n) is 2.26. The van der Waals surface area contributed by atoms with Gasteiger partial charge < -0.3 is 9.84 Å². The lowest BCUT2D eigenvalue weighted by molar-refractivity contribution is -0.419. The maximum absolute atomic E-state index is 12.1. The highest BCUT2D eigenvalue weighted by Gasteiger charge is 2.76. The van der Waals surface area contributed by atoms with Gasteiger partial charge in [-0.2, -0.15) is 39.5 Å². The molecule has 96 valence electrons. The third kappa shape index (κ3) is 2.64. The van der Waals surface area contributed by atoms with E-state index in [0.717, 1.165) is 0 Å². The summed E-state index contributed by atoms with van der Waals surface area (Å²) in [4.78, 5) is 0. The Hall–Kier alpha value is -1.29. The molecule has 0 spiro atoms. The van der Waals surface area contributed by atoms with Crippen molar-refractivity contribution in [3.05, 3.63) is 12.0 Å². The van der Waals surface area contributed by atoms with Crippen LogP contribution in [0.1, 0.15) is 0 Å². The van der Waals surface area contributed by atoms with Gasteiger partial charge in [0.25, 0.3) is 0 Å². The van der Waals surface area contributed by atoms with Crippen LogP contribution in [0.5, 0.6) is 0 Å². The average Bonchev–Trinajstić information content (AvgIpc) is 2.00. The molecule has 0 bridgehead atoms. The van der Waals surface area contributed by atoms with Crippen LogP contribution in [0.4, 0.5) is 39.5 Å². The van der Waals surface area contributed by atoms with Gasteiger partial charge >= 0.3 is 30.2 Å². The summed E-state index contributed by atoms with van der Waals surface area (Å²) >= 11 is 0. The zero-order valence-electron chi connectivity index (χ0n) is 6.76. The normalized spacial score (nSPS) is 15.8. The van der Waals surface area contributed by atoms with E-state index in [1.54, 1.807) is 0 Å². The van der Waals surface area contributed by atoms with E-state index in [0.29, 0.717) is 0 Å². The van der Waals surface area contributed by atoms with Gasteiger partial charge in [-0.1, -0.05) is 0 Å². The molecule has 0 aliphatic heterocycles. The fourth-order valence-corrected chi connectivity index (χ4v) is 0.384. The first-order chi connectivity index (χ1) is 6.83. The lowest BCUT2D eigenvalue weighted by atomic mass is 10.3. The number of alkyl halides is 7. The molecule has 0 amide bonds. The molecular weight excluding hydrogens is 263 g/mol. The van der Waals surface area contributed by atoms with E-state index in [1.165, 1.54) is 0 Å². The highest BCUT2D eigenvalue weighted by atomic mass is 19.4. The molecule has 0 fully saturated rings. The molecule has 0 atom stereocenters. The summed E-state index contributed by atoms with van der Waals surface area (Å²) in [5.41, 5.74) is 0. The molecule has 0 aromatic heterocycles. The molecule has 0 unspecified atom stereocenters. The first-order valence-electron chi connectivity index (χ1n) is 3.08. The van der Waals surface area contributed by atoms with Crippen LogP contribution in [-0.4, -0.2) is 23.3 Å². The number of ether oxygens (including phenoxy) is 1. The largest absolute Gasteiger partial charge is 0.482 e. The Labute approximate surface area is 80.9 Å². The van der Waals surface area contributed by atoms with Crippen LogP contribution in [0.15, 0.2) is 12.0 Å². The number of halogens is 9. The van der Waals surface area contributed by atoms with Crippen molar-refractivity contribution in [1.29, 1.82) is 0 Å². The Morgan fingerprint density at radius 1 is 0.875 bits per heavy atom. The van der Waals surface area contributed by atoms with Gasteiger partial charge in [0.1, 0.15) is 0 Å². The molecule has 2 nitrogen and oxygen atoms in total. The van der Waals surface area contributed by atoms with E-state index in [-0.39, 0.29) is 0 Å². The zero-order valence-corrected chi connectivity index (χ0v) is 6.76. The van der Waals surface area contributed by atoms with E-state index >= 15 is 0 Å². The maximum Gasteiger partial charge on any atom is 0.476 e. The molecule has 0 aliphatic rings. The van der Waals surface area contributed by atoms with Crippen molar-refractivity contribution in [2.24, 2.45) is 0 Å². The van der Waals surface area contributed by atoms with Crippen LogP contribution in [0, 0.1) is 0 Å². The van der Waals surface area contributed by atoms with Gasteiger partial charge in [0.2, 0.25) is 0 Å². The first kappa shape index (κ1) is 14.7. The fourth-order valence-electron chi connectivity index (χ4n) is 0.384. The summed E-state index contributed by atoms with van der Waals surface area (Å²) in [7, 11) is 0. The van der Waals surface area contributed by atoms with Gasteiger partial charge in [-0.3, -0.25) is 0 Å². The topological polar surface area (TPSA) is 29.5 Å². The summed E-state index contributed by atoms with van der Waals surface area (Å²) in [6, 6.07) is -6.40. The minimum Gasteiger partial charge on any atom is -0.482 e. The summed E-state index contributed by atoms with van der Waals surface area (Å²) < 4.78 is 107. The minimum absolute atomic E-state index is 2.08. The van der Waals surface area contributed by atoms with E-state index in [2.05, 4.69) is 4.74 Å². The Bertz CT molecular complexity index is 287. The van der Waals surface area contributed by atoms with Crippen LogP contribution in [-0.2, 0) is 4.74 Å². The zero-order chi connectivity index (χ0) is 13.4. The molecule has 0 saturated heterocycles. The molecule has 0 rings (SSSR count). The molecule has 1 N–H and O–H groups in total. The second kappa shape index (κ2) is 3.94. The Morgan fingerprint density at radius 2 is 1.25 bits per heavy atom. The van der Waals surface area contributed by atoms with Gasteiger partial charge in [-0.05, 0) is 0 Å². The fraction of sp³-hybridized carbons (Fsp3) is 0.600. The Balaban J connectivity index is 5.15. The van der Waals surface area contributed by atoms with Crippen LogP contribution in [0.25, 0.3) is 0 Å². The number of hydrogen-bond donors (Lipinski definition) is 1. The van der Waals surface area contributed by atoms with Crippen molar-refractivity contribution < 1.29 is 49.4 Å². The van der Waals surface area contributed by atoms with Gasteiger partial charge in [0.15, 0.2) is 0 Å². The molecule has 0 aromatic carbocycles. The van der Waals surface area contributed by atoms with Gasteiger partial charge in [0, 0.05) is 0 Å². The van der Waals surface area contributed by atoms with Gasteiger partial charge in [-0.25, -0.2) is 0 Å². The lowest BCUT2D eigenvalue weighted by Gasteiger charge is -2.26. The smallest absolute Gasteiger partial charge is 0.476 e. The van der Waals surface area contributed by atoms with Crippen LogP contribution in [0.2, 0.25) is 0 Å². The van der Waals surface area contributed by atoms with E-state index in [9.17, 15) is 39.5 Å². The number of rotatable bonds is 3. The summed E-state index contributed by atoms with van der Waals surface area (Å²) in [6.07, 6.45) is -13.2. The van der Waals surface area contributed by atoms with Crippen molar-refractivity contribution in [2.75, 3.05) is 0 Å². The van der Waals surface area contributed by atoms with Gasteiger partial charge in [-0.15, -0.1) is 0 Å². The highest BCUT2D eigenvalue weighted by Crippen LogP contribution is 2.47.